The lowest BCUT2D eigenvalue weighted by Gasteiger charge is -2.18. The minimum atomic E-state index is -0.231. The Morgan fingerprint density at radius 2 is 1.83 bits per heavy atom. The summed E-state index contributed by atoms with van der Waals surface area (Å²) in [5.74, 6) is 0.819. The minimum Gasteiger partial charge on any atom is -0.497 e. The number of rotatable bonds is 8. The van der Waals surface area contributed by atoms with E-state index >= 15 is 0 Å². The molecule has 3 N–H and O–H groups in total. The van der Waals surface area contributed by atoms with Crippen LogP contribution in [0.3, 0.4) is 0 Å². The number of carbonyl (C=O) groups is 1. The highest BCUT2D eigenvalue weighted by Gasteiger charge is 2.13. The van der Waals surface area contributed by atoms with Crippen LogP contribution < -0.4 is 15.4 Å². The molecule has 2 aromatic rings. The van der Waals surface area contributed by atoms with Crippen LogP contribution >= 0.6 is 0 Å². The first-order valence-corrected chi connectivity index (χ1v) is 8.06. The molecule has 1 atom stereocenters. The molecule has 0 saturated heterocycles. The van der Waals surface area contributed by atoms with E-state index in [1.807, 2.05) is 54.6 Å². The van der Waals surface area contributed by atoms with Crippen LogP contribution in [0.5, 0.6) is 5.75 Å². The standard InChI is InChI=1S/C19H24N2O3/c1-24-17-9-7-15(8-10-17)11-13-20-19(23)21-18(12-14-22)16-5-3-2-4-6-16/h2-10,18,22H,11-14H2,1H3,(H2,20,21,23)/t18-/m1/s1. The van der Waals surface area contributed by atoms with E-state index < -0.39 is 0 Å². The summed E-state index contributed by atoms with van der Waals surface area (Å²) in [5.41, 5.74) is 2.11. The molecule has 0 saturated carbocycles. The third-order valence-corrected chi connectivity index (χ3v) is 3.78. The fourth-order valence-corrected chi connectivity index (χ4v) is 2.46. The molecule has 5 heteroatoms. The molecular formula is C19H24N2O3. The summed E-state index contributed by atoms with van der Waals surface area (Å²) in [4.78, 5) is 12.1. The van der Waals surface area contributed by atoms with Gasteiger partial charge < -0.3 is 20.5 Å². The number of aliphatic hydroxyl groups is 1. The molecule has 2 aromatic carbocycles. The normalized spacial score (nSPS) is 11.6. The molecule has 2 amide bonds. The predicted octanol–water partition coefficient (Wildman–Crippen LogP) is 2.66. The lowest BCUT2D eigenvalue weighted by atomic mass is 10.0. The zero-order chi connectivity index (χ0) is 17.2. The number of nitrogens with one attached hydrogen (secondary N) is 2. The highest BCUT2D eigenvalue weighted by molar-refractivity contribution is 5.74. The zero-order valence-electron chi connectivity index (χ0n) is 13.9. The van der Waals surface area contributed by atoms with Crippen LogP contribution in [0.1, 0.15) is 23.6 Å². The number of hydrogen-bond acceptors (Lipinski definition) is 3. The van der Waals surface area contributed by atoms with Gasteiger partial charge in [-0.15, -0.1) is 0 Å². The summed E-state index contributed by atoms with van der Waals surface area (Å²) < 4.78 is 5.12. The van der Waals surface area contributed by atoms with Crippen LogP contribution in [0.25, 0.3) is 0 Å². The number of hydrogen-bond donors (Lipinski definition) is 3. The molecule has 0 fully saturated rings. The van der Waals surface area contributed by atoms with E-state index in [-0.39, 0.29) is 18.7 Å². The van der Waals surface area contributed by atoms with Crippen LogP contribution in [0.15, 0.2) is 54.6 Å². The van der Waals surface area contributed by atoms with Crippen molar-refractivity contribution in [3.63, 3.8) is 0 Å². The van der Waals surface area contributed by atoms with Crippen molar-refractivity contribution in [3.8, 4) is 5.75 Å². The fourth-order valence-electron chi connectivity index (χ4n) is 2.46. The molecular weight excluding hydrogens is 304 g/mol. The maximum atomic E-state index is 12.1. The number of benzene rings is 2. The van der Waals surface area contributed by atoms with Crippen LogP contribution in [0.2, 0.25) is 0 Å². The van der Waals surface area contributed by atoms with Gasteiger partial charge in [0.2, 0.25) is 0 Å². The third-order valence-electron chi connectivity index (χ3n) is 3.78. The van der Waals surface area contributed by atoms with Crippen molar-refractivity contribution in [2.24, 2.45) is 0 Å². The minimum absolute atomic E-state index is 0.0195. The number of carbonyl (C=O) groups excluding carboxylic acids is 1. The SMILES string of the molecule is COc1ccc(CCNC(=O)N[C@H](CCO)c2ccccc2)cc1. The van der Waals surface area contributed by atoms with Crippen LogP contribution in [0.4, 0.5) is 4.79 Å². The van der Waals surface area contributed by atoms with Crippen molar-refractivity contribution >= 4 is 6.03 Å². The van der Waals surface area contributed by atoms with Gasteiger partial charge in [-0.3, -0.25) is 0 Å². The second kappa shape index (κ2) is 9.57. The van der Waals surface area contributed by atoms with Gasteiger partial charge in [0.25, 0.3) is 0 Å². The van der Waals surface area contributed by atoms with E-state index in [0.717, 1.165) is 23.3 Å². The van der Waals surface area contributed by atoms with Gasteiger partial charge in [-0.2, -0.15) is 0 Å². The van der Waals surface area contributed by atoms with Crippen molar-refractivity contribution in [2.45, 2.75) is 18.9 Å². The van der Waals surface area contributed by atoms with Crippen LogP contribution in [0, 0.1) is 0 Å². The van der Waals surface area contributed by atoms with E-state index in [0.29, 0.717) is 13.0 Å². The Kier molecular flexibility index (Phi) is 7.11. The van der Waals surface area contributed by atoms with Gasteiger partial charge in [0.15, 0.2) is 0 Å². The second-order valence-electron chi connectivity index (χ2n) is 5.47. The highest BCUT2D eigenvalue weighted by atomic mass is 16.5. The Morgan fingerprint density at radius 3 is 2.46 bits per heavy atom. The molecule has 0 aliphatic heterocycles. The predicted molar refractivity (Wildman–Crippen MR) is 94.1 cm³/mol. The van der Waals surface area contributed by atoms with Crippen molar-refractivity contribution in [2.75, 3.05) is 20.3 Å². The summed E-state index contributed by atoms with van der Waals surface area (Å²) in [6.45, 7) is 0.560. The topological polar surface area (TPSA) is 70.6 Å². The molecule has 0 unspecified atom stereocenters. The first-order chi connectivity index (χ1) is 11.7. The van der Waals surface area contributed by atoms with E-state index in [4.69, 9.17) is 4.74 Å². The molecule has 128 valence electrons. The molecule has 24 heavy (non-hydrogen) atoms. The zero-order valence-corrected chi connectivity index (χ0v) is 13.9. The van der Waals surface area contributed by atoms with Crippen molar-refractivity contribution in [1.82, 2.24) is 10.6 Å². The van der Waals surface area contributed by atoms with Crippen molar-refractivity contribution in [3.05, 3.63) is 65.7 Å². The Hall–Kier alpha value is -2.53. The van der Waals surface area contributed by atoms with E-state index in [1.54, 1.807) is 7.11 Å². The van der Waals surface area contributed by atoms with Gasteiger partial charge in [-0.1, -0.05) is 42.5 Å². The summed E-state index contributed by atoms with van der Waals surface area (Å²) in [7, 11) is 1.64. The largest absolute Gasteiger partial charge is 0.497 e. The second-order valence-corrected chi connectivity index (χ2v) is 5.47. The van der Waals surface area contributed by atoms with Gasteiger partial charge in [0.1, 0.15) is 5.75 Å². The average Bonchev–Trinajstić information content (AvgIpc) is 2.63. The van der Waals surface area contributed by atoms with Gasteiger partial charge >= 0.3 is 6.03 Å². The average molecular weight is 328 g/mol. The number of urea groups is 1. The Balaban J connectivity index is 1.80. The lowest BCUT2D eigenvalue weighted by molar-refractivity contribution is 0.229. The Labute approximate surface area is 142 Å². The van der Waals surface area contributed by atoms with Crippen molar-refractivity contribution < 1.29 is 14.6 Å². The molecule has 0 aliphatic carbocycles. The quantitative estimate of drug-likeness (QED) is 0.698. The molecule has 5 nitrogen and oxygen atoms in total. The highest BCUT2D eigenvalue weighted by Crippen LogP contribution is 2.15. The maximum Gasteiger partial charge on any atom is 0.315 e. The number of amides is 2. The molecule has 0 radical (unpaired) electrons. The molecule has 0 aromatic heterocycles. The van der Waals surface area contributed by atoms with Gasteiger partial charge in [0.05, 0.1) is 13.2 Å². The van der Waals surface area contributed by atoms with Crippen LogP contribution in [-0.2, 0) is 6.42 Å². The third kappa shape index (κ3) is 5.59. The van der Waals surface area contributed by atoms with Gasteiger partial charge in [0, 0.05) is 13.2 Å². The molecule has 0 bridgehead atoms. The maximum absolute atomic E-state index is 12.1. The lowest BCUT2D eigenvalue weighted by Crippen LogP contribution is -2.39. The molecule has 0 aliphatic rings. The number of methoxy groups -OCH3 is 1. The molecule has 0 heterocycles. The molecule has 0 spiro atoms. The number of ether oxygens (including phenoxy) is 1. The first-order valence-electron chi connectivity index (χ1n) is 8.06. The van der Waals surface area contributed by atoms with Gasteiger partial charge in [-0.25, -0.2) is 4.79 Å². The summed E-state index contributed by atoms with van der Waals surface area (Å²) in [6, 6.07) is 17.0. The Morgan fingerprint density at radius 1 is 1.12 bits per heavy atom. The van der Waals surface area contributed by atoms with Gasteiger partial charge in [-0.05, 0) is 36.1 Å². The van der Waals surface area contributed by atoms with Crippen LogP contribution in [-0.4, -0.2) is 31.4 Å². The van der Waals surface area contributed by atoms with E-state index in [1.165, 1.54) is 0 Å². The Bertz CT molecular complexity index is 614. The van der Waals surface area contributed by atoms with E-state index in [9.17, 15) is 9.90 Å². The smallest absolute Gasteiger partial charge is 0.315 e. The number of aliphatic hydroxyl groups excluding tert-OH is 1. The first kappa shape index (κ1) is 17.8. The van der Waals surface area contributed by atoms with Crippen molar-refractivity contribution in [1.29, 1.82) is 0 Å². The monoisotopic (exact) mass is 328 g/mol. The summed E-state index contributed by atoms with van der Waals surface area (Å²) in [6.07, 6.45) is 1.23. The summed E-state index contributed by atoms with van der Waals surface area (Å²) in [5, 5.41) is 15.0. The summed E-state index contributed by atoms with van der Waals surface area (Å²) >= 11 is 0. The fraction of sp³-hybridized carbons (Fsp3) is 0.316. The molecule has 2 rings (SSSR count). The van der Waals surface area contributed by atoms with E-state index in [2.05, 4.69) is 10.6 Å².